The summed E-state index contributed by atoms with van der Waals surface area (Å²) in [6.07, 6.45) is 0. The molecule has 0 aliphatic rings. The van der Waals surface area contributed by atoms with Gasteiger partial charge in [0.1, 0.15) is 12.4 Å². The van der Waals surface area contributed by atoms with Gasteiger partial charge in [-0.1, -0.05) is 12.2 Å². The lowest BCUT2D eigenvalue weighted by atomic mass is 10.3. The van der Waals surface area contributed by atoms with E-state index >= 15 is 0 Å². The van der Waals surface area contributed by atoms with E-state index in [2.05, 4.69) is 12.2 Å². The van der Waals surface area contributed by atoms with Gasteiger partial charge in [-0.3, -0.25) is 0 Å². The lowest BCUT2D eigenvalue weighted by Crippen LogP contribution is -1.96. The number of nitrogens with two attached hydrogens (primary N) is 1. The Morgan fingerprint density at radius 2 is 2.00 bits per heavy atom. The van der Waals surface area contributed by atoms with Gasteiger partial charge in [0.05, 0.1) is 0 Å². The molecule has 2 N–H and O–H groups in total. The molecule has 0 fully saturated rings. The van der Waals surface area contributed by atoms with Crippen molar-refractivity contribution < 1.29 is 4.74 Å². The van der Waals surface area contributed by atoms with Crippen LogP contribution >= 0.6 is 12.2 Å². The van der Waals surface area contributed by atoms with E-state index in [1.807, 2.05) is 12.1 Å². The predicted octanol–water partition coefficient (Wildman–Crippen LogP) is 1.65. The average molecular weight is 167 g/mol. The van der Waals surface area contributed by atoms with Crippen molar-refractivity contribution in [1.82, 2.24) is 0 Å². The molecule has 58 valence electrons. The van der Waals surface area contributed by atoms with Crippen LogP contribution in [0, 0.1) is 0 Å². The zero-order chi connectivity index (χ0) is 8.10. The molecule has 0 aliphatic heterocycles. The summed E-state index contributed by atoms with van der Waals surface area (Å²) >= 11 is 4.60. The molecule has 0 aromatic heterocycles. The summed E-state index contributed by atoms with van der Waals surface area (Å²) in [6.45, 7) is 0.458. The van der Waals surface area contributed by atoms with E-state index < -0.39 is 0 Å². The van der Waals surface area contributed by atoms with E-state index in [0.29, 0.717) is 6.61 Å². The van der Waals surface area contributed by atoms with E-state index in [0.717, 1.165) is 11.4 Å². The van der Waals surface area contributed by atoms with Gasteiger partial charge in [0.2, 0.25) is 0 Å². The molecule has 1 aromatic carbocycles. The highest BCUT2D eigenvalue weighted by Crippen LogP contribution is 2.12. The van der Waals surface area contributed by atoms with Crippen LogP contribution in [0.4, 0.5) is 5.69 Å². The van der Waals surface area contributed by atoms with Crippen molar-refractivity contribution in [2.75, 3.05) is 12.3 Å². The molecule has 0 bridgehead atoms. The first kappa shape index (κ1) is 8.01. The largest absolute Gasteiger partial charge is 0.489 e. The molecular formula is C8H9NOS. The predicted molar refractivity (Wildman–Crippen MR) is 50.0 cm³/mol. The van der Waals surface area contributed by atoms with Gasteiger partial charge >= 0.3 is 0 Å². The number of ether oxygens (including phenoxy) is 1. The molecule has 1 rings (SSSR count). The maximum atomic E-state index is 5.47. The number of anilines is 1. The van der Waals surface area contributed by atoms with Gasteiger partial charge in [0, 0.05) is 11.1 Å². The van der Waals surface area contributed by atoms with Crippen molar-refractivity contribution in [2.24, 2.45) is 0 Å². The van der Waals surface area contributed by atoms with Gasteiger partial charge in [-0.2, -0.15) is 0 Å². The van der Waals surface area contributed by atoms with Crippen LogP contribution in [0.25, 0.3) is 0 Å². The number of nitrogen functional groups attached to an aromatic ring is 1. The second-order valence-corrected chi connectivity index (χ2v) is 2.38. The van der Waals surface area contributed by atoms with Gasteiger partial charge in [-0.25, -0.2) is 0 Å². The summed E-state index contributed by atoms with van der Waals surface area (Å²) in [7, 11) is 0. The van der Waals surface area contributed by atoms with Crippen LogP contribution in [0.3, 0.4) is 0 Å². The highest BCUT2D eigenvalue weighted by atomic mass is 32.1. The number of rotatable bonds is 3. The van der Waals surface area contributed by atoms with Crippen LogP contribution in [0.2, 0.25) is 0 Å². The summed E-state index contributed by atoms with van der Waals surface area (Å²) in [6, 6.07) is 7.21. The third-order valence-electron chi connectivity index (χ3n) is 1.20. The van der Waals surface area contributed by atoms with Crippen molar-refractivity contribution in [3.8, 4) is 5.75 Å². The summed E-state index contributed by atoms with van der Waals surface area (Å²) in [5, 5.41) is 1.54. The third kappa shape index (κ3) is 2.55. The Balaban J connectivity index is 2.58. The number of benzene rings is 1. The Bertz CT molecular complexity index is 232. The Hall–Kier alpha value is -1.09. The minimum absolute atomic E-state index is 0.458. The molecule has 11 heavy (non-hydrogen) atoms. The highest BCUT2D eigenvalue weighted by Gasteiger charge is 1.89. The zero-order valence-electron chi connectivity index (χ0n) is 5.99. The second kappa shape index (κ2) is 3.93. The first-order valence-electron chi connectivity index (χ1n) is 3.25. The zero-order valence-corrected chi connectivity index (χ0v) is 6.80. The van der Waals surface area contributed by atoms with E-state index in [-0.39, 0.29) is 0 Å². The quantitative estimate of drug-likeness (QED) is 0.549. The first-order valence-corrected chi connectivity index (χ1v) is 3.72. The van der Waals surface area contributed by atoms with E-state index in [1.165, 1.54) is 5.37 Å². The molecule has 0 radical (unpaired) electrons. The highest BCUT2D eigenvalue weighted by molar-refractivity contribution is 7.79. The summed E-state index contributed by atoms with van der Waals surface area (Å²) < 4.78 is 5.19. The van der Waals surface area contributed by atoms with E-state index in [1.54, 1.807) is 12.1 Å². The Morgan fingerprint density at radius 3 is 2.55 bits per heavy atom. The molecule has 0 heterocycles. The minimum atomic E-state index is 0.458. The topological polar surface area (TPSA) is 35.2 Å². The molecule has 0 amide bonds. The molecule has 0 saturated carbocycles. The molecule has 0 spiro atoms. The smallest absolute Gasteiger partial charge is 0.119 e. The number of hydrogen-bond acceptors (Lipinski definition) is 3. The normalized spacial score (nSPS) is 9.09. The number of hydrogen-bond donors (Lipinski definition) is 1. The van der Waals surface area contributed by atoms with Crippen LogP contribution in [0.15, 0.2) is 24.3 Å². The molecule has 3 heteroatoms. The van der Waals surface area contributed by atoms with Crippen LogP contribution in [-0.2, 0) is 0 Å². The molecule has 1 aromatic rings. The minimum Gasteiger partial charge on any atom is -0.489 e. The summed E-state index contributed by atoms with van der Waals surface area (Å²) in [4.78, 5) is 0. The van der Waals surface area contributed by atoms with Crippen molar-refractivity contribution in [3.05, 3.63) is 24.3 Å². The van der Waals surface area contributed by atoms with Crippen LogP contribution in [0.5, 0.6) is 5.75 Å². The first-order chi connectivity index (χ1) is 5.33. The van der Waals surface area contributed by atoms with Gasteiger partial charge in [0.25, 0.3) is 0 Å². The van der Waals surface area contributed by atoms with Gasteiger partial charge in [0.15, 0.2) is 0 Å². The Kier molecular flexibility index (Phi) is 2.86. The molecule has 0 atom stereocenters. The molecular weight excluding hydrogens is 158 g/mol. The fraction of sp³-hybridized carbons (Fsp3) is 0.125. The van der Waals surface area contributed by atoms with Crippen LogP contribution in [0.1, 0.15) is 0 Å². The van der Waals surface area contributed by atoms with E-state index in [4.69, 9.17) is 10.5 Å². The maximum absolute atomic E-state index is 5.47. The molecule has 0 aliphatic carbocycles. The van der Waals surface area contributed by atoms with Gasteiger partial charge in [-0.15, -0.1) is 0 Å². The van der Waals surface area contributed by atoms with Crippen molar-refractivity contribution in [2.45, 2.75) is 0 Å². The average Bonchev–Trinajstić information content (AvgIpc) is 2.04. The van der Waals surface area contributed by atoms with Crippen molar-refractivity contribution >= 4 is 23.3 Å². The summed E-state index contributed by atoms with van der Waals surface area (Å²) in [5.74, 6) is 0.792. The summed E-state index contributed by atoms with van der Waals surface area (Å²) in [5.41, 5.74) is 6.21. The van der Waals surface area contributed by atoms with Crippen LogP contribution in [-0.4, -0.2) is 12.0 Å². The monoisotopic (exact) mass is 167 g/mol. The Labute approximate surface area is 71.0 Å². The molecule has 0 unspecified atom stereocenters. The molecule has 0 saturated heterocycles. The second-order valence-electron chi connectivity index (χ2n) is 2.05. The fourth-order valence-electron chi connectivity index (χ4n) is 0.694. The maximum Gasteiger partial charge on any atom is 0.119 e. The van der Waals surface area contributed by atoms with Crippen molar-refractivity contribution in [1.29, 1.82) is 0 Å². The van der Waals surface area contributed by atoms with Gasteiger partial charge < -0.3 is 10.5 Å². The third-order valence-corrected chi connectivity index (χ3v) is 1.33. The standard InChI is InChI=1S/C8H9NOS/c9-7-1-3-8(4-2-7)10-5-6-11/h1-4,6H,5,9H2. The van der Waals surface area contributed by atoms with Crippen LogP contribution < -0.4 is 10.5 Å². The fourth-order valence-corrected chi connectivity index (χ4v) is 0.762. The van der Waals surface area contributed by atoms with Gasteiger partial charge in [-0.05, 0) is 24.3 Å². The lowest BCUT2D eigenvalue weighted by Gasteiger charge is -2.01. The van der Waals surface area contributed by atoms with Crippen molar-refractivity contribution in [3.63, 3.8) is 0 Å². The SMILES string of the molecule is Nc1ccc(OCC=S)cc1. The number of thiocarbonyl (C=S) groups is 1. The van der Waals surface area contributed by atoms with E-state index in [9.17, 15) is 0 Å². The molecule has 2 nitrogen and oxygen atoms in total. The lowest BCUT2D eigenvalue weighted by molar-refractivity contribution is 0.382. The Morgan fingerprint density at radius 1 is 1.36 bits per heavy atom.